The highest BCUT2D eigenvalue weighted by Crippen LogP contribution is 2.21. The lowest BCUT2D eigenvalue weighted by Crippen LogP contribution is -1.80. The number of hydrogen-bond acceptors (Lipinski definition) is 3. The average molecular weight is 162 g/mol. The van der Waals surface area contributed by atoms with E-state index >= 15 is 0 Å². The van der Waals surface area contributed by atoms with E-state index in [0.717, 1.165) is 5.75 Å². The quantitative estimate of drug-likeness (QED) is 0.266. The first-order valence-electron chi connectivity index (χ1n) is 2.76. The molecule has 9 heavy (non-hydrogen) atoms. The van der Waals surface area contributed by atoms with Gasteiger partial charge in [0.15, 0.2) is 0 Å². The molecular formula is C6H10OS2. The van der Waals surface area contributed by atoms with Crippen molar-refractivity contribution in [2.24, 2.45) is 0 Å². The summed E-state index contributed by atoms with van der Waals surface area (Å²) in [6.45, 7) is 2.75. The molecule has 0 spiro atoms. The normalized spacial score (nSPS) is 8.89. The van der Waals surface area contributed by atoms with Crippen molar-refractivity contribution in [2.75, 3.05) is 12.4 Å². The third kappa shape index (κ3) is 8.22. The number of hydrogen-bond donors (Lipinski definition) is 0. The highest BCUT2D eigenvalue weighted by atomic mass is 33.1. The molecule has 0 saturated carbocycles. The molecule has 1 nitrogen and oxygen atoms in total. The van der Waals surface area contributed by atoms with Crippen LogP contribution in [0.5, 0.6) is 0 Å². The molecule has 0 aromatic carbocycles. The molecule has 0 radical (unpaired) electrons. The van der Waals surface area contributed by atoms with E-state index < -0.39 is 0 Å². The van der Waals surface area contributed by atoms with E-state index in [9.17, 15) is 0 Å². The summed E-state index contributed by atoms with van der Waals surface area (Å²) in [5.74, 6) is 3.57. The summed E-state index contributed by atoms with van der Waals surface area (Å²) < 4.78 is 5.05. The van der Waals surface area contributed by atoms with E-state index in [-0.39, 0.29) is 0 Å². The van der Waals surface area contributed by atoms with Gasteiger partial charge in [0.25, 0.3) is 0 Å². The second-order valence-corrected chi connectivity index (χ2v) is 3.55. The van der Waals surface area contributed by atoms with Crippen molar-refractivity contribution < 1.29 is 4.18 Å². The van der Waals surface area contributed by atoms with Gasteiger partial charge in [-0.05, 0) is 0 Å². The maximum atomic E-state index is 5.05. The third-order valence-corrected chi connectivity index (χ3v) is 2.42. The van der Waals surface area contributed by atoms with E-state index in [4.69, 9.17) is 10.6 Å². The van der Waals surface area contributed by atoms with Gasteiger partial charge in [-0.2, -0.15) is 0 Å². The Morgan fingerprint density at radius 2 is 2.44 bits per heavy atom. The highest BCUT2D eigenvalue weighted by Gasteiger charge is 1.85. The van der Waals surface area contributed by atoms with Gasteiger partial charge >= 0.3 is 0 Å². The lowest BCUT2D eigenvalue weighted by Gasteiger charge is -1.94. The number of terminal acetylenes is 1. The van der Waals surface area contributed by atoms with Crippen molar-refractivity contribution in [1.29, 1.82) is 0 Å². The van der Waals surface area contributed by atoms with Gasteiger partial charge in [0, 0.05) is 12.2 Å². The Morgan fingerprint density at radius 3 is 3.00 bits per heavy atom. The zero-order valence-corrected chi connectivity index (χ0v) is 7.06. The van der Waals surface area contributed by atoms with Gasteiger partial charge in [0.2, 0.25) is 0 Å². The van der Waals surface area contributed by atoms with Crippen LogP contribution in [-0.4, -0.2) is 12.4 Å². The Labute approximate surface area is 64.5 Å². The van der Waals surface area contributed by atoms with Crippen molar-refractivity contribution in [3.05, 3.63) is 0 Å². The molecule has 0 saturated heterocycles. The molecule has 0 aliphatic rings. The standard InChI is InChI=1S/C6H10OS2/c1-3-5-6-7-9-8-4-2/h1H,4-6H2,2H3. The minimum absolute atomic E-state index is 0.661. The van der Waals surface area contributed by atoms with Crippen molar-refractivity contribution in [3.8, 4) is 12.3 Å². The largest absolute Gasteiger partial charge is 0.304 e. The molecule has 0 fully saturated rings. The smallest absolute Gasteiger partial charge is 0.0733 e. The molecular weight excluding hydrogens is 152 g/mol. The first-order valence-corrected chi connectivity index (χ1v) is 5.00. The molecule has 52 valence electrons. The van der Waals surface area contributed by atoms with Gasteiger partial charge in [-0.3, -0.25) is 0 Å². The fraction of sp³-hybridized carbons (Fsp3) is 0.667. The second kappa shape index (κ2) is 8.22. The Balaban J connectivity index is 2.69. The van der Waals surface area contributed by atoms with Gasteiger partial charge in [0.1, 0.15) is 0 Å². The maximum Gasteiger partial charge on any atom is 0.0733 e. The SMILES string of the molecule is C#CCCOSSCC. The summed E-state index contributed by atoms with van der Waals surface area (Å²) in [5, 5.41) is 0. The van der Waals surface area contributed by atoms with Gasteiger partial charge in [0.05, 0.1) is 17.7 Å². The zero-order valence-electron chi connectivity index (χ0n) is 5.42. The van der Waals surface area contributed by atoms with Crippen LogP contribution in [0.4, 0.5) is 0 Å². The van der Waals surface area contributed by atoms with Gasteiger partial charge in [-0.15, -0.1) is 12.3 Å². The van der Waals surface area contributed by atoms with Gasteiger partial charge in [-0.1, -0.05) is 17.7 Å². The minimum atomic E-state index is 0.661. The summed E-state index contributed by atoms with van der Waals surface area (Å²) in [6, 6.07) is 0. The average Bonchev–Trinajstić information content (AvgIpc) is 1.89. The minimum Gasteiger partial charge on any atom is -0.304 e. The van der Waals surface area contributed by atoms with Crippen molar-refractivity contribution >= 4 is 21.9 Å². The van der Waals surface area contributed by atoms with Crippen LogP contribution < -0.4 is 0 Å². The van der Waals surface area contributed by atoms with E-state index in [2.05, 4.69) is 12.8 Å². The summed E-state index contributed by atoms with van der Waals surface area (Å²) in [5.41, 5.74) is 0. The van der Waals surface area contributed by atoms with E-state index in [1.54, 1.807) is 10.8 Å². The molecule has 0 aromatic rings. The molecule has 0 aromatic heterocycles. The Hall–Kier alpha value is 0.220. The van der Waals surface area contributed by atoms with Crippen LogP contribution >= 0.6 is 21.9 Å². The van der Waals surface area contributed by atoms with Crippen LogP contribution in [0, 0.1) is 12.3 Å². The number of rotatable bonds is 5. The molecule has 0 amide bonds. The zero-order chi connectivity index (χ0) is 6.95. The fourth-order valence-corrected chi connectivity index (χ4v) is 1.23. The predicted molar refractivity (Wildman–Crippen MR) is 45.1 cm³/mol. The predicted octanol–water partition coefficient (Wildman–Crippen LogP) is 2.34. The Morgan fingerprint density at radius 1 is 1.67 bits per heavy atom. The van der Waals surface area contributed by atoms with Crippen molar-refractivity contribution in [2.45, 2.75) is 13.3 Å². The molecule has 0 rings (SSSR count). The van der Waals surface area contributed by atoms with Crippen LogP contribution in [0.1, 0.15) is 13.3 Å². The summed E-state index contributed by atoms with van der Waals surface area (Å²) >= 11 is 1.41. The van der Waals surface area contributed by atoms with E-state index in [1.165, 1.54) is 11.1 Å². The Bertz CT molecular complexity index is 87.5. The van der Waals surface area contributed by atoms with Crippen molar-refractivity contribution in [3.63, 3.8) is 0 Å². The van der Waals surface area contributed by atoms with Crippen LogP contribution in [0.25, 0.3) is 0 Å². The van der Waals surface area contributed by atoms with Crippen LogP contribution in [0.15, 0.2) is 0 Å². The summed E-state index contributed by atoms with van der Waals surface area (Å²) in [7, 11) is 1.68. The molecule has 0 atom stereocenters. The third-order valence-electron chi connectivity index (χ3n) is 0.544. The van der Waals surface area contributed by atoms with Crippen LogP contribution in [0.2, 0.25) is 0 Å². The summed E-state index contributed by atoms with van der Waals surface area (Å²) in [4.78, 5) is 0. The second-order valence-electron chi connectivity index (χ2n) is 1.25. The lowest BCUT2D eigenvalue weighted by atomic mass is 10.5. The Kier molecular flexibility index (Phi) is 8.42. The topological polar surface area (TPSA) is 9.23 Å². The molecule has 3 heteroatoms. The lowest BCUT2D eigenvalue weighted by molar-refractivity contribution is 0.392. The molecule has 0 heterocycles. The molecule has 0 bridgehead atoms. The van der Waals surface area contributed by atoms with Crippen molar-refractivity contribution in [1.82, 2.24) is 0 Å². The first kappa shape index (κ1) is 9.22. The first-order chi connectivity index (χ1) is 4.41. The molecule has 0 aliphatic carbocycles. The van der Waals surface area contributed by atoms with E-state index in [1.807, 2.05) is 0 Å². The van der Waals surface area contributed by atoms with Gasteiger partial charge < -0.3 is 4.18 Å². The maximum absolute atomic E-state index is 5.05. The van der Waals surface area contributed by atoms with E-state index in [0.29, 0.717) is 13.0 Å². The fourth-order valence-electron chi connectivity index (χ4n) is 0.217. The van der Waals surface area contributed by atoms with Crippen LogP contribution in [-0.2, 0) is 4.18 Å². The summed E-state index contributed by atoms with van der Waals surface area (Å²) in [6.07, 6.45) is 5.70. The molecule has 0 N–H and O–H groups in total. The highest BCUT2D eigenvalue weighted by molar-refractivity contribution is 8.74. The monoisotopic (exact) mass is 162 g/mol. The molecule has 0 unspecified atom stereocenters. The van der Waals surface area contributed by atoms with Gasteiger partial charge in [-0.25, -0.2) is 0 Å². The van der Waals surface area contributed by atoms with Crippen LogP contribution in [0.3, 0.4) is 0 Å². The molecule has 0 aliphatic heterocycles.